The number of amides is 1. The highest BCUT2D eigenvalue weighted by Crippen LogP contribution is 2.16. The second-order valence-electron chi connectivity index (χ2n) is 2.27. The van der Waals surface area contributed by atoms with Gasteiger partial charge in [-0.05, 0) is 6.92 Å². The van der Waals surface area contributed by atoms with Gasteiger partial charge < -0.3 is 15.3 Å². The van der Waals surface area contributed by atoms with Gasteiger partial charge in [0.05, 0.1) is 6.20 Å². The molecule has 1 unspecified atom stereocenters. The Morgan fingerprint density at radius 3 is 2.91 bits per heavy atom. The van der Waals surface area contributed by atoms with Gasteiger partial charge in [-0.2, -0.15) is 0 Å². The normalized spacial score (nSPS) is 15.8. The summed E-state index contributed by atoms with van der Waals surface area (Å²) in [7, 11) is 0. The van der Waals surface area contributed by atoms with Crippen LogP contribution in [0.15, 0.2) is 16.9 Å². The van der Waals surface area contributed by atoms with E-state index in [0.29, 0.717) is 0 Å². The van der Waals surface area contributed by atoms with E-state index in [9.17, 15) is 9.90 Å². The van der Waals surface area contributed by atoms with Crippen LogP contribution < -0.4 is 5.73 Å². The summed E-state index contributed by atoms with van der Waals surface area (Å²) in [5.41, 5.74) is 3.06. The summed E-state index contributed by atoms with van der Waals surface area (Å²) in [5.74, 6) is -0.982. The Hall–Kier alpha value is -1.36. The van der Waals surface area contributed by atoms with Crippen LogP contribution in [-0.2, 0) is 10.4 Å². The maximum atomic E-state index is 10.6. The van der Waals surface area contributed by atoms with Crippen LogP contribution in [0.2, 0.25) is 0 Å². The zero-order chi connectivity index (χ0) is 8.48. The first-order chi connectivity index (χ1) is 5.05. The fourth-order valence-corrected chi connectivity index (χ4v) is 0.569. The molecule has 1 amide bonds. The van der Waals surface area contributed by atoms with Gasteiger partial charge >= 0.3 is 0 Å². The fraction of sp³-hybridized carbons (Fsp3) is 0.333. The van der Waals surface area contributed by atoms with E-state index in [1.54, 1.807) is 0 Å². The van der Waals surface area contributed by atoms with Crippen molar-refractivity contribution in [3.8, 4) is 0 Å². The van der Waals surface area contributed by atoms with Crippen molar-refractivity contribution in [3.63, 3.8) is 0 Å². The molecular formula is C6H8N2O3. The minimum Gasteiger partial charge on any atom is -0.446 e. The molecule has 0 spiro atoms. The Bertz CT molecular complexity index is 253. The standard InChI is InChI=1S/C6H8N2O3/c1-6(10,4(7)9)5-8-2-3-11-5/h2-3,10H,1H3,(H2,7,9). The maximum absolute atomic E-state index is 10.6. The smallest absolute Gasteiger partial charge is 0.258 e. The number of nitrogens with two attached hydrogens (primary N) is 1. The lowest BCUT2D eigenvalue weighted by molar-refractivity contribution is -0.137. The molecule has 60 valence electrons. The van der Waals surface area contributed by atoms with Gasteiger partial charge in [-0.3, -0.25) is 4.79 Å². The van der Waals surface area contributed by atoms with Crippen molar-refractivity contribution in [2.45, 2.75) is 12.5 Å². The first-order valence-electron chi connectivity index (χ1n) is 2.97. The molecule has 0 aliphatic heterocycles. The average molecular weight is 156 g/mol. The van der Waals surface area contributed by atoms with Crippen molar-refractivity contribution in [2.75, 3.05) is 0 Å². The predicted octanol–water partition coefficient (Wildman–Crippen LogP) is -0.633. The highest BCUT2D eigenvalue weighted by atomic mass is 16.4. The van der Waals surface area contributed by atoms with Crippen LogP contribution in [0.25, 0.3) is 0 Å². The van der Waals surface area contributed by atoms with Crippen LogP contribution in [0, 0.1) is 0 Å². The molecule has 1 aromatic rings. The van der Waals surface area contributed by atoms with E-state index < -0.39 is 11.5 Å². The first kappa shape index (κ1) is 7.74. The molecule has 0 aliphatic rings. The highest BCUT2D eigenvalue weighted by Gasteiger charge is 2.34. The average Bonchev–Trinajstić information content (AvgIpc) is 2.37. The van der Waals surface area contributed by atoms with E-state index in [2.05, 4.69) is 4.98 Å². The molecule has 0 aliphatic carbocycles. The number of hydrogen-bond acceptors (Lipinski definition) is 4. The van der Waals surface area contributed by atoms with Crippen molar-refractivity contribution in [1.82, 2.24) is 4.98 Å². The summed E-state index contributed by atoms with van der Waals surface area (Å²) < 4.78 is 4.70. The Balaban J connectivity index is 3.00. The van der Waals surface area contributed by atoms with Gasteiger partial charge in [-0.25, -0.2) is 4.98 Å². The lowest BCUT2D eigenvalue weighted by Crippen LogP contribution is -2.38. The van der Waals surface area contributed by atoms with Crippen molar-refractivity contribution in [2.24, 2.45) is 5.73 Å². The van der Waals surface area contributed by atoms with Crippen molar-refractivity contribution >= 4 is 5.91 Å². The highest BCUT2D eigenvalue weighted by molar-refractivity contribution is 5.82. The molecule has 3 N–H and O–H groups in total. The van der Waals surface area contributed by atoms with E-state index in [-0.39, 0.29) is 5.89 Å². The Labute approximate surface area is 62.8 Å². The molecule has 1 atom stereocenters. The SMILES string of the molecule is CC(O)(C(N)=O)c1ncco1. The fourth-order valence-electron chi connectivity index (χ4n) is 0.569. The van der Waals surface area contributed by atoms with Crippen LogP contribution in [0.5, 0.6) is 0 Å². The summed E-state index contributed by atoms with van der Waals surface area (Å²) >= 11 is 0. The molecule has 1 heterocycles. The molecule has 5 heteroatoms. The van der Waals surface area contributed by atoms with Gasteiger partial charge in [-0.1, -0.05) is 0 Å². The predicted molar refractivity (Wildman–Crippen MR) is 35.3 cm³/mol. The van der Waals surface area contributed by atoms with Crippen LogP contribution in [-0.4, -0.2) is 16.0 Å². The number of rotatable bonds is 2. The third-order valence-electron chi connectivity index (χ3n) is 1.33. The maximum Gasteiger partial charge on any atom is 0.258 e. The van der Waals surface area contributed by atoms with Gasteiger partial charge in [0.2, 0.25) is 11.5 Å². The van der Waals surface area contributed by atoms with Crippen LogP contribution >= 0.6 is 0 Å². The number of primary amides is 1. The summed E-state index contributed by atoms with van der Waals surface area (Å²) in [5, 5.41) is 9.32. The second-order valence-corrected chi connectivity index (χ2v) is 2.27. The summed E-state index contributed by atoms with van der Waals surface area (Å²) in [6, 6.07) is 0. The zero-order valence-corrected chi connectivity index (χ0v) is 5.94. The largest absolute Gasteiger partial charge is 0.446 e. The third kappa shape index (κ3) is 1.22. The Morgan fingerprint density at radius 1 is 1.91 bits per heavy atom. The second kappa shape index (κ2) is 2.35. The molecular weight excluding hydrogens is 148 g/mol. The number of nitrogens with zero attached hydrogens (tertiary/aromatic N) is 1. The van der Waals surface area contributed by atoms with E-state index >= 15 is 0 Å². The number of aromatic nitrogens is 1. The molecule has 0 saturated heterocycles. The quantitative estimate of drug-likeness (QED) is 0.596. The molecule has 0 bridgehead atoms. The van der Waals surface area contributed by atoms with Crippen molar-refractivity contribution < 1.29 is 14.3 Å². The van der Waals surface area contributed by atoms with E-state index in [0.717, 1.165) is 0 Å². The monoisotopic (exact) mass is 156 g/mol. The topological polar surface area (TPSA) is 89.4 Å². The Kier molecular flexibility index (Phi) is 1.66. The lowest BCUT2D eigenvalue weighted by Gasteiger charge is -2.13. The molecule has 0 radical (unpaired) electrons. The molecule has 0 aromatic carbocycles. The van der Waals surface area contributed by atoms with E-state index in [1.807, 2.05) is 0 Å². The number of carbonyl (C=O) groups excluding carboxylic acids is 1. The van der Waals surface area contributed by atoms with Gasteiger partial charge in [0, 0.05) is 0 Å². The molecule has 1 rings (SSSR count). The number of carbonyl (C=O) groups is 1. The molecule has 1 aromatic heterocycles. The first-order valence-corrected chi connectivity index (χ1v) is 2.97. The molecule has 5 nitrogen and oxygen atoms in total. The van der Waals surface area contributed by atoms with Crippen molar-refractivity contribution in [1.29, 1.82) is 0 Å². The number of oxazole rings is 1. The van der Waals surface area contributed by atoms with E-state index in [1.165, 1.54) is 19.4 Å². The molecule has 0 saturated carbocycles. The van der Waals surface area contributed by atoms with Gasteiger partial charge in [0.25, 0.3) is 5.91 Å². The molecule has 0 fully saturated rings. The van der Waals surface area contributed by atoms with Crippen LogP contribution in [0.1, 0.15) is 12.8 Å². The van der Waals surface area contributed by atoms with Crippen LogP contribution in [0.4, 0.5) is 0 Å². The van der Waals surface area contributed by atoms with Crippen LogP contribution in [0.3, 0.4) is 0 Å². The van der Waals surface area contributed by atoms with E-state index in [4.69, 9.17) is 10.2 Å². The van der Waals surface area contributed by atoms with Gasteiger partial charge in [0.1, 0.15) is 6.26 Å². The minimum atomic E-state index is -1.82. The zero-order valence-electron chi connectivity index (χ0n) is 5.94. The number of hydrogen-bond donors (Lipinski definition) is 2. The van der Waals surface area contributed by atoms with Gasteiger partial charge in [-0.15, -0.1) is 0 Å². The van der Waals surface area contributed by atoms with Crippen molar-refractivity contribution in [3.05, 3.63) is 18.4 Å². The Morgan fingerprint density at radius 2 is 2.55 bits per heavy atom. The number of aliphatic hydroxyl groups is 1. The molecule has 11 heavy (non-hydrogen) atoms. The lowest BCUT2D eigenvalue weighted by atomic mass is 10.1. The third-order valence-corrected chi connectivity index (χ3v) is 1.33. The summed E-state index contributed by atoms with van der Waals surface area (Å²) in [4.78, 5) is 14.2. The summed E-state index contributed by atoms with van der Waals surface area (Å²) in [6.45, 7) is 1.22. The van der Waals surface area contributed by atoms with Gasteiger partial charge in [0.15, 0.2) is 0 Å². The minimum absolute atomic E-state index is 0.0926. The summed E-state index contributed by atoms with van der Waals surface area (Å²) in [6.07, 6.45) is 2.58.